The molecule has 19 heavy (non-hydrogen) atoms. The van der Waals surface area contributed by atoms with Gasteiger partial charge in [0.2, 0.25) is 0 Å². The molecule has 0 unspecified atom stereocenters. The predicted octanol–water partition coefficient (Wildman–Crippen LogP) is 4.56. The Kier molecular flexibility index (Phi) is 5.06. The van der Waals surface area contributed by atoms with E-state index in [0.29, 0.717) is 23.1 Å². The molecule has 1 fully saturated rings. The highest BCUT2D eigenvalue weighted by Gasteiger charge is 2.29. The van der Waals surface area contributed by atoms with Gasteiger partial charge in [-0.15, -0.1) is 0 Å². The Morgan fingerprint density at radius 3 is 2.53 bits per heavy atom. The molecule has 1 aromatic heterocycles. The predicted molar refractivity (Wildman–Crippen MR) is 85.5 cm³/mol. The molecular weight excluding hydrogens is 375 g/mol. The van der Waals surface area contributed by atoms with E-state index in [4.69, 9.17) is 16.3 Å². The van der Waals surface area contributed by atoms with Crippen molar-refractivity contribution < 1.29 is 4.74 Å². The summed E-state index contributed by atoms with van der Waals surface area (Å²) in [5.41, 5.74) is 1.36. The fourth-order valence-electron chi connectivity index (χ4n) is 2.55. The fraction of sp³-hybridized carbons (Fsp3) is 0.714. The van der Waals surface area contributed by atoms with Crippen molar-refractivity contribution in [3.05, 3.63) is 20.2 Å². The van der Waals surface area contributed by atoms with E-state index >= 15 is 0 Å². The zero-order valence-corrected chi connectivity index (χ0v) is 14.6. The van der Waals surface area contributed by atoms with Gasteiger partial charge in [0, 0.05) is 13.0 Å². The maximum absolute atomic E-state index is 6.22. The number of halogens is 2. The van der Waals surface area contributed by atoms with Crippen molar-refractivity contribution in [3.63, 3.8) is 0 Å². The second-order valence-electron chi connectivity index (χ2n) is 6.00. The number of ether oxygens (including phenoxy) is 1. The summed E-state index contributed by atoms with van der Waals surface area (Å²) in [7, 11) is 1.68. The van der Waals surface area contributed by atoms with Crippen LogP contribution in [0.2, 0.25) is 5.15 Å². The monoisotopic (exact) mass is 394 g/mol. The first-order chi connectivity index (χ1) is 8.93. The van der Waals surface area contributed by atoms with Crippen LogP contribution in [0.25, 0.3) is 0 Å². The first-order valence-electron chi connectivity index (χ1n) is 6.64. The Morgan fingerprint density at radius 2 is 1.95 bits per heavy atom. The van der Waals surface area contributed by atoms with Gasteiger partial charge < -0.3 is 4.74 Å². The van der Waals surface area contributed by atoms with Gasteiger partial charge in [-0.2, -0.15) is 0 Å². The number of hydrogen-bond acceptors (Lipinski definition) is 3. The highest BCUT2D eigenvalue weighted by Crippen LogP contribution is 2.41. The third-order valence-electron chi connectivity index (χ3n) is 3.88. The van der Waals surface area contributed by atoms with Crippen LogP contribution in [0.5, 0.6) is 0 Å². The largest absolute Gasteiger partial charge is 0.378 e. The lowest BCUT2D eigenvalue weighted by Gasteiger charge is -2.33. The Bertz CT molecular complexity index is 455. The van der Waals surface area contributed by atoms with E-state index in [1.54, 1.807) is 7.11 Å². The third-order valence-corrected chi connectivity index (χ3v) is 5.61. The van der Waals surface area contributed by atoms with Crippen molar-refractivity contribution in [1.82, 2.24) is 9.97 Å². The summed E-state index contributed by atoms with van der Waals surface area (Å²) in [6.07, 6.45) is 4.75. The van der Waals surface area contributed by atoms with Crippen LogP contribution < -0.4 is 0 Å². The Morgan fingerprint density at radius 1 is 1.32 bits per heavy atom. The molecule has 0 N–H and O–H groups in total. The van der Waals surface area contributed by atoms with Gasteiger partial charge in [0.1, 0.15) is 11.0 Å². The maximum atomic E-state index is 6.22. The molecule has 0 aromatic carbocycles. The van der Waals surface area contributed by atoms with E-state index in [-0.39, 0.29) is 0 Å². The molecule has 5 heteroatoms. The van der Waals surface area contributed by atoms with Crippen molar-refractivity contribution in [2.45, 2.75) is 52.1 Å². The molecule has 1 aromatic rings. The van der Waals surface area contributed by atoms with E-state index < -0.39 is 0 Å². The molecule has 0 radical (unpaired) electrons. The summed E-state index contributed by atoms with van der Waals surface area (Å²) >= 11 is 8.40. The quantitative estimate of drug-likeness (QED) is 0.556. The minimum absolute atomic E-state index is 0.443. The normalized spacial score (nSPS) is 19.6. The van der Waals surface area contributed by atoms with Crippen molar-refractivity contribution in [2.24, 2.45) is 5.41 Å². The first kappa shape index (κ1) is 15.4. The number of nitrogens with zero attached hydrogens (tertiary/aromatic N) is 2. The Labute approximate surface area is 133 Å². The molecule has 1 aliphatic rings. The number of methoxy groups -OCH3 is 1. The van der Waals surface area contributed by atoms with Crippen LogP contribution in [-0.2, 0) is 11.3 Å². The number of aromatic nitrogens is 2. The van der Waals surface area contributed by atoms with Gasteiger partial charge >= 0.3 is 0 Å². The molecule has 1 heterocycles. The van der Waals surface area contributed by atoms with Gasteiger partial charge in [-0.25, -0.2) is 9.97 Å². The average Bonchev–Trinajstić information content (AvgIpc) is 2.35. The first-order valence-corrected chi connectivity index (χ1v) is 8.09. The lowest BCUT2D eigenvalue weighted by Crippen LogP contribution is -2.22. The molecule has 2 rings (SSSR count). The molecule has 1 saturated carbocycles. The molecule has 0 saturated heterocycles. The van der Waals surface area contributed by atoms with Gasteiger partial charge in [-0.05, 0) is 53.7 Å². The molecule has 0 spiro atoms. The van der Waals surface area contributed by atoms with Crippen LogP contribution >= 0.6 is 34.2 Å². The molecule has 3 nitrogen and oxygen atoms in total. The average molecular weight is 395 g/mol. The fourth-order valence-corrected chi connectivity index (χ4v) is 3.15. The smallest absolute Gasteiger partial charge is 0.146 e. The summed E-state index contributed by atoms with van der Waals surface area (Å²) < 4.78 is 6.09. The minimum atomic E-state index is 0.443. The summed E-state index contributed by atoms with van der Waals surface area (Å²) in [5.74, 6) is 1.34. The van der Waals surface area contributed by atoms with Gasteiger partial charge in [0.15, 0.2) is 0 Å². The maximum Gasteiger partial charge on any atom is 0.146 e. The molecule has 1 aliphatic carbocycles. The summed E-state index contributed by atoms with van der Waals surface area (Å²) in [4.78, 5) is 9.14. The lowest BCUT2D eigenvalue weighted by atomic mass is 9.73. The van der Waals surface area contributed by atoms with Crippen LogP contribution in [0.3, 0.4) is 0 Å². The van der Waals surface area contributed by atoms with Crippen molar-refractivity contribution >= 4 is 34.2 Å². The van der Waals surface area contributed by atoms with Gasteiger partial charge in [-0.3, -0.25) is 0 Å². The highest BCUT2D eigenvalue weighted by atomic mass is 127. The summed E-state index contributed by atoms with van der Waals surface area (Å²) in [6.45, 7) is 5.16. The van der Waals surface area contributed by atoms with Crippen LogP contribution in [-0.4, -0.2) is 17.1 Å². The molecule has 106 valence electrons. The van der Waals surface area contributed by atoms with E-state index in [0.717, 1.165) is 27.9 Å². The summed E-state index contributed by atoms with van der Waals surface area (Å²) in [6, 6.07) is 0. The molecule has 0 amide bonds. The number of hydrogen-bond donors (Lipinski definition) is 0. The number of rotatable bonds is 3. The molecule has 0 aliphatic heterocycles. The van der Waals surface area contributed by atoms with Crippen molar-refractivity contribution in [3.8, 4) is 0 Å². The Hall–Kier alpha value is 0.0600. The summed E-state index contributed by atoms with van der Waals surface area (Å²) in [5, 5.41) is 0.558. The highest BCUT2D eigenvalue weighted by molar-refractivity contribution is 14.1. The van der Waals surface area contributed by atoms with Crippen molar-refractivity contribution in [2.75, 3.05) is 7.11 Å². The van der Waals surface area contributed by atoms with Gasteiger partial charge in [0.05, 0.1) is 15.9 Å². The van der Waals surface area contributed by atoms with Gasteiger partial charge in [0.25, 0.3) is 0 Å². The van der Waals surface area contributed by atoms with Crippen molar-refractivity contribution in [1.29, 1.82) is 0 Å². The molecule has 0 atom stereocenters. The minimum Gasteiger partial charge on any atom is -0.378 e. The van der Waals surface area contributed by atoms with E-state index in [1.807, 2.05) is 0 Å². The van der Waals surface area contributed by atoms with E-state index in [1.165, 1.54) is 12.8 Å². The third kappa shape index (κ3) is 3.79. The zero-order valence-electron chi connectivity index (χ0n) is 11.7. The molecule has 0 bridgehead atoms. The van der Waals surface area contributed by atoms with E-state index in [9.17, 15) is 0 Å². The Balaban J connectivity index is 2.21. The second kappa shape index (κ2) is 6.22. The second-order valence-corrected chi connectivity index (χ2v) is 7.44. The van der Waals surface area contributed by atoms with Crippen LogP contribution in [0.4, 0.5) is 0 Å². The standard InChI is InChI=1S/C14H20ClIN2O/c1-14(2)6-4-9(5-7-14)13-17-10(8-19-3)11(16)12(15)18-13/h9H,4-8H2,1-3H3. The van der Waals surface area contributed by atoms with Gasteiger partial charge in [-0.1, -0.05) is 25.4 Å². The zero-order chi connectivity index (χ0) is 14.0. The van der Waals surface area contributed by atoms with Crippen LogP contribution in [0.15, 0.2) is 0 Å². The topological polar surface area (TPSA) is 35.0 Å². The lowest BCUT2D eigenvalue weighted by molar-refractivity contribution is 0.179. The van der Waals surface area contributed by atoms with E-state index in [2.05, 4.69) is 46.4 Å². The SMILES string of the molecule is COCc1nc(C2CCC(C)(C)CC2)nc(Cl)c1I. The molecular formula is C14H20ClIN2O. The van der Waals surface area contributed by atoms with Crippen LogP contribution in [0, 0.1) is 8.99 Å². The van der Waals surface area contributed by atoms with Crippen LogP contribution in [0.1, 0.15) is 57.0 Å².